The van der Waals surface area contributed by atoms with E-state index in [1.54, 1.807) is 0 Å². The Morgan fingerprint density at radius 2 is 1.36 bits per heavy atom. The molecule has 0 spiro atoms. The molecule has 0 aliphatic rings. The molecule has 0 atom stereocenters. The Hall–Kier alpha value is -1.49. The van der Waals surface area contributed by atoms with Gasteiger partial charge in [0.1, 0.15) is 0 Å². The molecule has 2 nitrogen and oxygen atoms in total. The van der Waals surface area contributed by atoms with Crippen LogP contribution in [0.15, 0.2) is 89.1 Å². The van der Waals surface area contributed by atoms with Crippen LogP contribution in [-0.4, -0.2) is 15.0 Å². The molecule has 0 heterocycles. The van der Waals surface area contributed by atoms with Crippen molar-refractivity contribution in [1.29, 1.82) is 0 Å². The van der Waals surface area contributed by atoms with E-state index in [0.29, 0.717) is 0 Å². The number of nitrogens with zero attached hydrogens (tertiary/aromatic N) is 2. The molecule has 0 saturated carbocycles. The molecule has 108 valence electrons. The third-order valence-corrected chi connectivity index (χ3v) is 5.91. The molecule has 0 aromatic heterocycles. The Labute approximate surface area is 150 Å². The second-order valence-corrected chi connectivity index (χ2v) is 8.14. The van der Waals surface area contributed by atoms with Crippen LogP contribution in [0.3, 0.4) is 0 Å². The third kappa shape index (κ3) is 4.26. The second-order valence-electron chi connectivity index (χ2n) is 4.56. The van der Waals surface area contributed by atoms with E-state index < -0.39 is 0 Å². The van der Waals surface area contributed by atoms with Crippen molar-refractivity contribution in [2.45, 2.75) is 0 Å². The Kier molecular flexibility index (Phi) is 5.38. The summed E-state index contributed by atoms with van der Waals surface area (Å²) in [6.45, 7) is 0. The van der Waals surface area contributed by atoms with E-state index in [1.165, 1.54) is 12.5 Å². The maximum atomic E-state index is 4.44. The van der Waals surface area contributed by atoms with Gasteiger partial charge in [-0.2, -0.15) is 0 Å². The molecular formula is C18H13IN2Se. The Morgan fingerprint density at radius 1 is 0.682 bits per heavy atom. The van der Waals surface area contributed by atoms with Gasteiger partial charge in [0, 0.05) is 0 Å². The fourth-order valence-corrected chi connectivity index (χ4v) is 4.12. The van der Waals surface area contributed by atoms with Crippen LogP contribution in [0.25, 0.3) is 0 Å². The van der Waals surface area contributed by atoms with Gasteiger partial charge < -0.3 is 0 Å². The van der Waals surface area contributed by atoms with Crippen molar-refractivity contribution in [3.63, 3.8) is 0 Å². The zero-order valence-electron chi connectivity index (χ0n) is 11.7. The Morgan fingerprint density at radius 3 is 2.14 bits per heavy atom. The van der Waals surface area contributed by atoms with Gasteiger partial charge in [0.2, 0.25) is 0 Å². The minimum atomic E-state index is 0.239. The van der Waals surface area contributed by atoms with Crippen molar-refractivity contribution >= 4 is 57.8 Å². The van der Waals surface area contributed by atoms with Crippen LogP contribution in [-0.2, 0) is 0 Å². The van der Waals surface area contributed by atoms with Crippen LogP contribution in [0.2, 0.25) is 0 Å². The van der Waals surface area contributed by atoms with E-state index in [9.17, 15) is 0 Å². The van der Waals surface area contributed by atoms with Gasteiger partial charge in [-0.1, -0.05) is 0 Å². The average Bonchev–Trinajstić information content (AvgIpc) is 2.56. The number of halogens is 1. The SMILES string of the molecule is Ic1ccc(N=Nc2ccccc2[Se]c2ccccc2)cc1. The van der Waals surface area contributed by atoms with Gasteiger partial charge in [0.05, 0.1) is 0 Å². The predicted octanol–water partition coefficient (Wildman–Crippen LogP) is 4.36. The van der Waals surface area contributed by atoms with Crippen molar-refractivity contribution in [1.82, 2.24) is 0 Å². The van der Waals surface area contributed by atoms with Gasteiger partial charge in [-0.25, -0.2) is 0 Å². The van der Waals surface area contributed by atoms with Gasteiger partial charge in [0.25, 0.3) is 0 Å². The number of rotatable bonds is 4. The topological polar surface area (TPSA) is 24.7 Å². The van der Waals surface area contributed by atoms with E-state index in [1.807, 2.05) is 42.5 Å². The summed E-state index contributed by atoms with van der Waals surface area (Å²) in [6, 6.07) is 26.8. The standard InChI is InChI=1S/C18H13IN2Se/c19-14-10-12-15(13-11-14)20-21-17-8-4-5-9-18(17)22-16-6-2-1-3-7-16/h1-13H. The molecule has 0 aliphatic carbocycles. The fourth-order valence-electron chi connectivity index (χ4n) is 1.86. The van der Waals surface area contributed by atoms with Crippen molar-refractivity contribution in [2.75, 3.05) is 0 Å². The summed E-state index contributed by atoms with van der Waals surface area (Å²) >= 11 is 2.52. The first kappa shape index (κ1) is 15.4. The molecule has 0 amide bonds. The van der Waals surface area contributed by atoms with Gasteiger partial charge in [-0.05, 0) is 0 Å². The molecule has 0 unspecified atom stereocenters. The molecule has 0 saturated heterocycles. The summed E-state index contributed by atoms with van der Waals surface area (Å²) in [7, 11) is 0. The second kappa shape index (κ2) is 7.68. The Balaban J connectivity index is 1.83. The first-order valence-electron chi connectivity index (χ1n) is 6.80. The normalized spacial score (nSPS) is 11.0. The first-order chi connectivity index (χ1) is 10.8. The summed E-state index contributed by atoms with van der Waals surface area (Å²) in [5, 5.41) is 8.79. The summed E-state index contributed by atoms with van der Waals surface area (Å²) in [5.41, 5.74) is 1.83. The summed E-state index contributed by atoms with van der Waals surface area (Å²) in [6.07, 6.45) is 0. The minimum absolute atomic E-state index is 0.239. The first-order valence-corrected chi connectivity index (χ1v) is 9.60. The zero-order chi connectivity index (χ0) is 15.2. The summed E-state index contributed by atoms with van der Waals surface area (Å²) in [4.78, 5) is 0. The number of hydrogen-bond donors (Lipinski definition) is 0. The van der Waals surface area contributed by atoms with E-state index >= 15 is 0 Å². The molecule has 3 aromatic rings. The number of benzene rings is 3. The molecule has 0 N–H and O–H groups in total. The monoisotopic (exact) mass is 464 g/mol. The van der Waals surface area contributed by atoms with Crippen LogP contribution in [0.4, 0.5) is 11.4 Å². The third-order valence-electron chi connectivity index (χ3n) is 2.94. The predicted molar refractivity (Wildman–Crippen MR) is 101 cm³/mol. The molecule has 0 fully saturated rings. The maximum absolute atomic E-state index is 4.44. The molecule has 3 rings (SSSR count). The van der Waals surface area contributed by atoms with Crippen molar-refractivity contribution in [2.24, 2.45) is 10.2 Å². The van der Waals surface area contributed by atoms with Crippen LogP contribution in [0.5, 0.6) is 0 Å². The van der Waals surface area contributed by atoms with Crippen molar-refractivity contribution < 1.29 is 0 Å². The average molecular weight is 463 g/mol. The van der Waals surface area contributed by atoms with E-state index in [4.69, 9.17) is 0 Å². The summed E-state index contributed by atoms with van der Waals surface area (Å²) in [5.74, 6) is 0. The molecule has 0 radical (unpaired) electrons. The van der Waals surface area contributed by atoms with E-state index in [2.05, 4.69) is 69.2 Å². The zero-order valence-corrected chi connectivity index (χ0v) is 15.6. The van der Waals surface area contributed by atoms with E-state index in [0.717, 1.165) is 11.4 Å². The molecule has 3 aromatic carbocycles. The van der Waals surface area contributed by atoms with Crippen LogP contribution >= 0.6 is 22.6 Å². The Bertz CT molecular complexity index is 771. The van der Waals surface area contributed by atoms with Crippen LogP contribution in [0, 0.1) is 3.57 Å². The quantitative estimate of drug-likeness (QED) is 0.312. The van der Waals surface area contributed by atoms with Gasteiger partial charge in [-0.15, -0.1) is 0 Å². The van der Waals surface area contributed by atoms with Crippen LogP contribution < -0.4 is 8.92 Å². The molecule has 0 bridgehead atoms. The molecule has 22 heavy (non-hydrogen) atoms. The molecule has 4 heteroatoms. The van der Waals surface area contributed by atoms with Crippen molar-refractivity contribution in [3.05, 3.63) is 82.4 Å². The van der Waals surface area contributed by atoms with Crippen molar-refractivity contribution in [3.8, 4) is 0 Å². The van der Waals surface area contributed by atoms with Gasteiger partial charge >= 0.3 is 151 Å². The fraction of sp³-hybridized carbons (Fsp3) is 0. The van der Waals surface area contributed by atoms with E-state index in [-0.39, 0.29) is 15.0 Å². The van der Waals surface area contributed by atoms with Gasteiger partial charge in [-0.3, -0.25) is 0 Å². The number of hydrogen-bond acceptors (Lipinski definition) is 2. The molecular weight excluding hydrogens is 450 g/mol. The molecule has 0 aliphatic heterocycles. The van der Waals surface area contributed by atoms with Gasteiger partial charge in [0.15, 0.2) is 0 Å². The number of azo groups is 1. The van der Waals surface area contributed by atoms with Crippen LogP contribution in [0.1, 0.15) is 0 Å². The summed E-state index contributed by atoms with van der Waals surface area (Å²) < 4.78 is 3.78.